The van der Waals surface area contributed by atoms with Crippen molar-refractivity contribution >= 4 is 5.97 Å². The summed E-state index contributed by atoms with van der Waals surface area (Å²) in [6.45, 7) is 0. The standard InChI is InChI=1S/C8H8O5/c1-12-7(10)4-6-2-5(9)3-8(11)13-6/h2-3,9H,4H2,1H3. The van der Waals surface area contributed by atoms with Crippen LogP contribution in [0.1, 0.15) is 5.76 Å². The van der Waals surface area contributed by atoms with Crippen molar-refractivity contribution in [2.45, 2.75) is 6.42 Å². The van der Waals surface area contributed by atoms with Crippen molar-refractivity contribution in [3.63, 3.8) is 0 Å². The van der Waals surface area contributed by atoms with Crippen LogP contribution in [-0.4, -0.2) is 18.2 Å². The number of carbonyl (C=O) groups is 1. The van der Waals surface area contributed by atoms with Crippen molar-refractivity contribution in [1.82, 2.24) is 0 Å². The van der Waals surface area contributed by atoms with Gasteiger partial charge in [0.05, 0.1) is 13.2 Å². The molecule has 0 bridgehead atoms. The Morgan fingerprint density at radius 3 is 2.85 bits per heavy atom. The third-order valence-electron chi connectivity index (χ3n) is 1.35. The van der Waals surface area contributed by atoms with Crippen LogP contribution in [-0.2, 0) is 16.0 Å². The van der Waals surface area contributed by atoms with E-state index in [0.29, 0.717) is 0 Å². The van der Waals surface area contributed by atoms with Gasteiger partial charge >= 0.3 is 11.6 Å². The Kier molecular flexibility index (Phi) is 2.69. The Morgan fingerprint density at radius 2 is 2.31 bits per heavy atom. The Labute approximate surface area is 73.6 Å². The Morgan fingerprint density at radius 1 is 1.62 bits per heavy atom. The third-order valence-corrected chi connectivity index (χ3v) is 1.35. The first-order valence-corrected chi connectivity index (χ1v) is 3.51. The molecule has 70 valence electrons. The highest BCUT2D eigenvalue weighted by Crippen LogP contribution is 2.08. The van der Waals surface area contributed by atoms with Gasteiger partial charge in [-0.3, -0.25) is 4.79 Å². The highest BCUT2D eigenvalue weighted by Gasteiger charge is 2.06. The van der Waals surface area contributed by atoms with Gasteiger partial charge in [0.2, 0.25) is 0 Å². The molecule has 5 heteroatoms. The molecular weight excluding hydrogens is 176 g/mol. The van der Waals surface area contributed by atoms with Crippen molar-refractivity contribution in [2.24, 2.45) is 0 Å². The smallest absolute Gasteiger partial charge is 0.339 e. The monoisotopic (exact) mass is 184 g/mol. The summed E-state index contributed by atoms with van der Waals surface area (Å²) in [6, 6.07) is 2.11. The summed E-state index contributed by atoms with van der Waals surface area (Å²) in [5.74, 6) is -0.680. The molecule has 1 N–H and O–H groups in total. The SMILES string of the molecule is COC(=O)Cc1cc(O)cc(=O)o1. The van der Waals surface area contributed by atoms with Gasteiger partial charge in [0.1, 0.15) is 17.9 Å². The first kappa shape index (κ1) is 9.31. The van der Waals surface area contributed by atoms with Gasteiger partial charge in [0, 0.05) is 6.07 Å². The average Bonchev–Trinajstić information content (AvgIpc) is 2.02. The first-order valence-electron chi connectivity index (χ1n) is 3.51. The molecule has 0 amide bonds. The summed E-state index contributed by atoms with van der Waals surface area (Å²) in [5, 5.41) is 8.97. The molecule has 1 rings (SSSR count). The first-order chi connectivity index (χ1) is 6.11. The Bertz CT molecular complexity index is 365. The van der Waals surface area contributed by atoms with E-state index in [4.69, 9.17) is 5.11 Å². The van der Waals surface area contributed by atoms with E-state index < -0.39 is 11.6 Å². The maximum atomic E-state index is 10.7. The molecule has 0 aliphatic rings. The lowest BCUT2D eigenvalue weighted by atomic mass is 10.3. The molecule has 0 atom stereocenters. The zero-order valence-corrected chi connectivity index (χ0v) is 6.94. The normalized spacial score (nSPS) is 9.62. The molecule has 1 aromatic rings. The summed E-state index contributed by atoms with van der Waals surface area (Å²) in [5.41, 5.74) is -0.695. The van der Waals surface area contributed by atoms with E-state index in [1.54, 1.807) is 0 Å². The molecule has 0 aliphatic heterocycles. The third kappa shape index (κ3) is 2.62. The fourth-order valence-corrected chi connectivity index (χ4v) is 0.817. The second kappa shape index (κ2) is 3.75. The Hall–Kier alpha value is -1.78. The minimum atomic E-state index is -0.695. The second-order valence-electron chi connectivity index (χ2n) is 2.35. The maximum Gasteiger partial charge on any atom is 0.339 e. The lowest BCUT2D eigenvalue weighted by molar-refractivity contribution is -0.140. The van der Waals surface area contributed by atoms with Crippen molar-refractivity contribution in [1.29, 1.82) is 0 Å². The number of methoxy groups -OCH3 is 1. The summed E-state index contributed by atoms with van der Waals surface area (Å²) >= 11 is 0. The predicted octanol–water partition coefficient (Wildman–Crippen LogP) is 0.0609. The van der Waals surface area contributed by atoms with E-state index in [2.05, 4.69) is 9.15 Å². The topological polar surface area (TPSA) is 76.7 Å². The maximum absolute atomic E-state index is 10.7. The van der Waals surface area contributed by atoms with Crippen LogP contribution in [0.5, 0.6) is 5.75 Å². The van der Waals surface area contributed by atoms with Gasteiger partial charge in [-0.15, -0.1) is 0 Å². The summed E-state index contributed by atoms with van der Waals surface area (Å²) in [6.07, 6.45) is -0.167. The number of esters is 1. The molecule has 1 heterocycles. The minimum absolute atomic E-state index is 0.0804. The van der Waals surface area contributed by atoms with Gasteiger partial charge in [0.25, 0.3) is 0 Å². The number of aromatic hydroxyl groups is 1. The van der Waals surface area contributed by atoms with Crippen LogP contribution in [0.25, 0.3) is 0 Å². The second-order valence-corrected chi connectivity index (χ2v) is 2.35. The Balaban J connectivity index is 2.89. The predicted molar refractivity (Wildman–Crippen MR) is 42.4 cm³/mol. The van der Waals surface area contributed by atoms with Crippen LogP contribution in [0.15, 0.2) is 21.3 Å². The molecule has 0 fully saturated rings. The summed E-state index contributed by atoms with van der Waals surface area (Å²) in [7, 11) is 1.23. The van der Waals surface area contributed by atoms with Crippen LogP contribution in [0.3, 0.4) is 0 Å². The molecule has 1 aromatic heterocycles. The van der Waals surface area contributed by atoms with E-state index in [1.165, 1.54) is 13.2 Å². The quantitative estimate of drug-likeness (QED) is 0.657. The van der Waals surface area contributed by atoms with E-state index >= 15 is 0 Å². The largest absolute Gasteiger partial charge is 0.508 e. The molecule has 0 aliphatic carbocycles. The van der Waals surface area contributed by atoms with Crippen molar-refractivity contribution in [2.75, 3.05) is 7.11 Å². The van der Waals surface area contributed by atoms with E-state index in [1.807, 2.05) is 0 Å². The molecule has 0 aromatic carbocycles. The van der Waals surface area contributed by atoms with Crippen molar-refractivity contribution < 1.29 is 19.1 Å². The van der Waals surface area contributed by atoms with Gasteiger partial charge in [-0.2, -0.15) is 0 Å². The number of ether oxygens (including phenoxy) is 1. The van der Waals surface area contributed by atoms with E-state index in [-0.39, 0.29) is 17.9 Å². The van der Waals surface area contributed by atoms with Crippen LogP contribution in [0, 0.1) is 0 Å². The van der Waals surface area contributed by atoms with Crippen LogP contribution in [0.4, 0.5) is 0 Å². The molecule has 5 nitrogen and oxygen atoms in total. The number of carbonyl (C=O) groups excluding carboxylic acids is 1. The van der Waals surface area contributed by atoms with Crippen molar-refractivity contribution in [3.8, 4) is 5.75 Å². The number of hydrogen-bond acceptors (Lipinski definition) is 5. The molecule has 0 saturated carbocycles. The number of hydrogen-bond donors (Lipinski definition) is 1. The van der Waals surface area contributed by atoms with Crippen LogP contribution >= 0.6 is 0 Å². The van der Waals surface area contributed by atoms with Gasteiger partial charge in [0.15, 0.2) is 0 Å². The lowest BCUT2D eigenvalue weighted by Crippen LogP contribution is -2.07. The summed E-state index contributed by atoms with van der Waals surface area (Å²) in [4.78, 5) is 21.4. The molecular formula is C8H8O5. The molecule has 0 unspecified atom stereocenters. The van der Waals surface area contributed by atoms with Gasteiger partial charge in [-0.25, -0.2) is 4.79 Å². The van der Waals surface area contributed by atoms with Gasteiger partial charge in [-0.1, -0.05) is 0 Å². The fourth-order valence-electron chi connectivity index (χ4n) is 0.817. The van der Waals surface area contributed by atoms with Gasteiger partial charge in [-0.05, 0) is 0 Å². The minimum Gasteiger partial charge on any atom is -0.508 e. The highest BCUT2D eigenvalue weighted by atomic mass is 16.5. The fraction of sp³-hybridized carbons (Fsp3) is 0.250. The zero-order valence-electron chi connectivity index (χ0n) is 6.94. The highest BCUT2D eigenvalue weighted by molar-refractivity contribution is 5.71. The number of rotatable bonds is 2. The molecule has 0 radical (unpaired) electrons. The summed E-state index contributed by atoms with van der Waals surface area (Å²) < 4.78 is 8.97. The zero-order chi connectivity index (χ0) is 9.84. The average molecular weight is 184 g/mol. The van der Waals surface area contributed by atoms with Crippen LogP contribution in [0.2, 0.25) is 0 Å². The van der Waals surface area contributed by atoms with Crippen LogP contribution < -0.4 is 5.63 Å². The van der Waals surface area contributed by atoms with Crippen molar-refractivity contribution in [3.05, 3.63) is 28.3 Å². The van der Waals surface area contributed by atoms with E-state index in [9.17, 15) is 9.59 Å². The molecule has 0 saturated heterocycles. The molecule has 13 heavy (non-hydrogen) atoms. The lowest BCUT2D eigenvalue weighted by Gasteiger charge is -1.98. The van der Waals surface area contributed by atoms with Gasteiger partial charge < -0.3 is 14.3 Å². The molecule has 0 spiro atoms. The van der Waals surface area contributed by atoms with E-state index in [0.717, 1.165) is 6.07 Å².